The summed E-state index contributed by atoms with van der Waals surface area (Å²) < 4.78 is 21.6. The number of ether oxygens (including phenoxy) is 4. The summed E-state index contributed by atoms with van der Waals surface area (Å²) in [7, 11) is 0. The van der Waals surface area contributed by atoms with Gasteiger partial charge in [-0.15, -0.1) is 0 Å². The minimum atomic E-state index is -0.944. The van der Waals surface area contributed by atoms with Crippen molar-refractivity contribution in [1.82, 2.24) is 0 Å². The summed E-state index contributed by atoms with van der Waals surface area (Å²) in [6.07, 6.45) is 3.04. The molecule has 2 bridgehead atoms. The van der Waals surface area contributed by atoms with E-state index in [2.05, 4.69) is 0 Å². The molecule has 0 radical (unpaired) electrons. The topological polar surface area (TPSA) is 108 Å². The van der Waals surface area contributed by atoms with Gasteiger partial charge in [0.1, 0.15) is 24.9 Å². The van der Waals surface area contributed by atoms with E-state index in [4.69, 9.17) is 30.5 Å². The number of aliphatic hydroxyl groups is 1. The average Bonchev–Trinajstić information content (AvgIpc) is 3.02. The highest BCUT2D eigenvalue weighted by Crippen LogP contribution is 2.29. The number of hydrogen-bond acceptors (Lipinski definition) is 8. The number of carbonyl (C=O) groups is 3. The monoisotopic (exact) mass is 430 g/mol. The Morgan fingerprint density at radius 3 is 2.69 bits per heavy atom. The highest BCUT2D eigenvalue weighted by atomic mass is 35.5. The maximum atomic E-state index is 12.5. The van der Waals surface area contributed by atoms with E-state index in [0.717, 1.165) is 0 Å². The second-order valence-electron chi connectivity index (χ2n) is 7.03. The number of allylic oxidation sites excluding steroid dienone is 3. The molecule has 2 aliphatic heterocycles. The Labute approximate surface area is 174 Å². The Kier molecular flexibility index (Phi) is 9.13. The number of fused-ring (bicyclic) bond motifs is 2. The van der Waals surface area contributed by atoms with Crippen molar-refractivity contribution in [3.8, 4) is 0 Å². The van der Waals surface area contributed by atoms with Crippen molar-refractivity contribution in [3.63, 3.8) is 0 Å². The van der Waals surface area contributed by atoms with Crippen molar-refractivity contribution in [1.29, 1.82) is 0 Å². The summed E-state index contributed by atoms with van der Waals surface area (Å²) in [4.78, 5) is 35.3. The van der Waals surface area contributed by atoms with Crippen LogP contribution in [0.1, 0.15) is 46.0 Å². The number of hydrogen-bond donors (Lipinski definition) is 1. The maximum absolute atomic E-state index is 12.5. The molecule has 162 valence electrons. The lowest BCUT2D eigenvalue weighted by Crippen LogP contribution is -2.32. The van der Waals surface area contributed by atoms with Crippen LogP contribution in [0.15, 0.2) is 22.8 Å². The standard InChI is InChI=1S/C20H27ClO8/c1-12(23)26-11-14-4-3-5-15(21)6-7-16-8-18(19(10-22)28-16)29-20(25)9-17(14)27-13(2)24/h4-5,16-19,22H,3,6-11H2,1-2H3/b14-4-,15-5-/t16-,17-,18-,19-/m1/s1. The molecule has 0 spiro atoms. The Morgan fingerprint density at radius 2 is 2.03 bits per heavy atom. The smallest absolute Gasteiger partial charge is 0.310 e. The minimum Gasteiger partial charge on any atom is -0.461 e. The first kappa shape index (κ1) is 23.4. The molecule has 0 aromatic heterocycles. The number of esters is 3. The summed E-state index contributed by atoms with van der Waals surface area (Å²) in [5, 5.41) is 10.2. The van der Waals surface area contributed by atoms with E-state index in [1.54, 1.807) is 12.2 Å². The third-order valence-corrected chi connectivity index (χ3v) is 5.02. The van der Waals surface area contributed by atoms with Crippen molar-refractivity contribution in [2.75, 3.05) is 13.2 Å². The third kappa shape index (κ3) is 7.79. The molecule has 0 aromatic rings. The van der Waals surface area contributed by atoms with Crippen LogP contribution in [0, 0.1) is 0 Å². The number of carbonyl (C=O) groups excluding carboxylic acids is 3. The van der Waals surface area contributed by atoms with Crippen molar-refractivity contribution < 1.29 is 38.4 Å². The molecule has 0 aromatic carbocycles. The molecule has 0 amide bonds. The fraction of sp³-hybridized carbons (Fsp3) is 0.650. The van der Waals surface area contributed by atoms with Crippen LogP contribution in [0.3, 0.4) is 0 Å². The van der Waals surface area contributed by atoms with Gasteiger partial charge in [0.05, 0.1) is 19.1 Å². The molecule has 0 saturated carbocycles. The molecule has 1 fully saturated rings. The van der Waals surface area contributed by atoms with Gasteiger partial charge in [0.15, 0.2) is 0 Å². The molecule has 0 aliphatic carbocycles. The van der Waals surface area contributed by atoms with Gasteiger partial charge in [0.25, 0.3) is 0 Å². The SMILES string of the molecule is CC(=O)OC/C1=C/C/C=C(\Cl)CC[C@@H]2C[C@@H](OC(=O)C[C@H]1OC(C)=O)[C@@H](CO)O2. The second-order valence-corrected chi connectivity index (χ2v) is 7.52. The lowest BCUT2D eigenvalue weighted by Gasteiger charge is -2.22. The maximum Gasteiger partial charge on any atom is 0.310 e. The molecule has 29 heavy (non-hydrogen) atoms. The summed E-state index contributed by atoms with van der Waals surface area (Å²) in [6, 6.07) is 0. The largest absolute Gasteiger partial charge is 0.461 e. The van der Waals surface area contributed by atoms with E-state index >= 15 is 0 Å². The van der Waals surface area contributed by atoms with Crippen molar-refractivity contribution in [2.24, 2.45) is 0 Å². The minimum absolute atomic E-state index is 0.125. The van der Waals surface area contributed by atoms with E-state index in [9.17, 15) is 19.5 Å². The van der Waals surface area contributed by atoms with Gasteiger partial charge in [-0.2, -0.15) is 0 Å². The fourth-order valence-corrected chi connectivity index (χ4v) is 3.49. The van der Waals surface area contributed by atoms with Gasteiger partial charge in [-0.05, 0) is 19.3 Å². The van der Waals surface area contributed by atoms with E-state index in [1.165, 1.54) is 13.8 Å². The van der Waals surface area contributed by atoms with E-state index in [1.807, 2.05) is 0 Å². The molecule has 1 N–H and O–H groups in total. The van der Waals surface area contributed by atoms with Crippen LogP contribution >= 0.6 is 11.6 Å². The molecular weight excluding hydrogens is 404 g/mol. The zero-order chi connectivity index (χ0) is 21.4. The van der Waals surface area contributed by atoms with E-state index in [-0.39, 0.29) is 25.7 Å². The Bertz CT molecular complexity index is 671. The molecule has 2 aliphatic rings. The van der Waals surface area contributed by atoms with Gasteiger partial charge in [-0.25, -0.2) is 0 Å². The second kappa shape index (κ2) is 11.3. The zero-order valence-corrected chi connectivity index (χ0v) is 17.4. The van der Waals surface area contributed by atoms with Gasteiger partial charge in [0.2, 0.25) is 0 Å². The molecule has 0 unspecified atom stereocenters. The van der Waals surface area contributed by atoms with Crippen molar-refractivity contribution in [2.45, 2.75) is 70.4 Å². The van der Waals surface area contributed by atoms with Crippen LogP contribution in [0.5, 0.6) is 0 Å². The molecule has 9 heteroatoms. The molecule has 1 saturated heterocycles. The zero-order valence-electron chi connectivity index (χ0n) is 16.6. The normalized spacial score (nSPS) is 32.1. The van der Waals surface area contributed by atoms with Gasteiger partial charge in [-0.1, -0.05) is 23.8 Å². The fourth-order valence-electron chi connectivity index (χ4n) is 3.30. The highest BCUT2D eigenvalue weighted by Gasteiger charge is 2.38. The van der Waals surface area contributed by atoms with Crippen LogP contribution in [-0.2, 0) is 33.3 Å². The summed E-state index contributed by atoms with van der Waals surface area (Å²) >= 11 is 6.28. The van der Waals surface area contributed by atoms with Crippen LogP contribution in [-0.4, -0.2) is 60.6 Å². The summed E-state index contributed by atoms with van der Waals surface area (Å²) in [5.74, 6) is -1.67. The highest BCUT2D eigenvalue weighted by molar-refractivity contribution is 6.29. The number of aliphatic hydroxyl groups excluding tert-OH is 1. The first-order chi connectivity index (χ1) is 13.8. The van der Waals surface area contributed by atoms with Crippen LogP contribution in [0.4, 0.5) is 0 Å². The number of rotatable bonds is 4. The van der Waals surface area contributed by atoms with Crippen molar-refractivity contribution in [3.05, 3.63) is 22.8 Å². The predicted molar refractivity (Wildman–Crippen MR) is 103 cm³/mol. The van der Waals surface area contributed by atoms with E-state index < -0.39 is 36.2 Å². The van der Waals surface area contributed by atoms with Crippen LogP contribution < -0.4 is 0 Å². The first-order valence-corrected chi connectivity index (χ1v) is 9.96. The molecule has 4 atom stereocenters. The van der Waals surface area contributed by atoms with E-state index in [0.29, 0.717) is 36.3 Å². The molecule has 2 heterocycles. The van der Waals surface area contributed by atoms with Gasteiger partial charge >= 0.3 is 17.9 Å². The third-order valence-electron chi connectivity index (χ3n) is 4.68. The lowest BCUT2D eigenvalue weighted by molar-refractivity contribution is -0.158. The first-order valence-electron chi connectivity index (χ1n) is 9.58. The lowest BCUT2D eigenvalue weighted by atomic mass is 10.0. The Balaban J connectivity index is 2.27. The summed E-state index contributed by atoms with van der Waals surface area (Å²) in [5.41, 5.74) is 0.462. The van der Waals surface area contributed by atoms with Crippen LogP contribution in [0.25, 0.3) is 0 Å². The molecule has 8 nitrogen and oxygen atoms in total. The molecular formula is C20H27ClO8. The quantitative estimate of drug-likeness (QED) is 0.410. The van der Waals surface area contributed by atoms with Gasteiger partial charge in [0, 0.05) is 30.9 Å². The Morgan fingerprint density at radius 1 is 1.28 bits per heavy atom. The Hall–Kier alpha value is -1.90. The molecule has 2 rings (SSSR count). The average molecular weight is 431 g/mol. The van der Waals surface area contributed by atoms with Crippen LogP contribution in [0.2, 0.25) is 0 Å². The van der Waals surface area contributed by atoms with Gasteiger partial charge in [-0.3, -0.25) is 14.4 Å². The van der Waals surface area contributed by atoms with Gasteiger partial charge < -0.3 is 24.1 Å². The summed E-state index contributed by atoms with van der Waals surface area (Å²) in [6.45, 7) is 2.10. The number of halogens is 1. The van der Waals surface area contributed by atoms with Crippen molar-refractivity contribution >= 4 is 29.5 Å². The predicted octanol–water partition coefficient (Wildman–Crippen LogP) is 2.17.